The van der Waals surface area contributed by atoms with Gasteiger partial charge in [-0.2, -0.15) is 16.8 Å². The minimum Gasteiger partial charge on any atom is -0.492 e. The highest BCUT2D eigenvalue weighted by molar-refractivity contribution is 7.99. The molecule has 0 amide bonds. The molecule has 0 saturated heterocycles. The third kappa shape index (κ3) is 4.55. The van der Waals surface area contributed by atoms with E-state index in [4.69, 9.17) is 4.74 Å². The van der Waals surface area contributed by atoms with Crippen LogP contribution >= 0.6 is 0 Å². The fraction of sp³-hybridized carbons (Fsp3) is 0.250. The van der Waals surface area contributed by atoms with Crippen molar-refractivity contribution in [3.05, 3.63) is 30.3 Å². The van der Waals surface area contributed by atoms with Crippen LogP contribution in [0.2, 0.25) is 0 Å². The highest BCUT2D eigenvalue weighted by atomic mass is 32.3. The molecular weight excluding hydrogens is 292 g/mol. The summed E-state index contributed by atoms with van der Waals surface area (Å²) in [5.41, 5.74) is 0. The first-order chi connectivity index (χ1) is 8.21. The van der Waals surface area contributed by atoms with Crippen molar-refractivity contribution in [2.75, 3.05) is 13.2 Å². The Morgan fingerprint density at radius 3 is 1.94 bits per heavy atom. The van der Waals surface area contributed by atoms with Crippen LogP contribution in [0.1, 0.15) is 0 Å². The normalized spacial score (nSPS) is 12.6. The fourth-order valence-corrected chi connectivity index (χ4v) is 2.52. The Morgan fingerprint density at radius 2 is 1.50 bits per heavy atom. The van der Waals surface area contributed by atoms with Crippen LogP contribution in [-0.4, -0.2) is 33.7 Å². The maximum Gasteiger partial charge on any atom is 0.390 e. The first-order valence-corrected chi connectivity index (χ1v) is 7.24. The van der Waals surface area contributed by atoms with E-state index in [9.17, 15) is 24.6 Å². The van der Waals surface area contributed by atoms with E-state index in [0.29, 0.717) is 5.75 Å². The van der Waals surface area contributed by atoms with E-state index >= 15 is 0 Å². The van der Waals surface area contributed by atoms with E-state index < -0.39 is 37.7 Å². The Hall–Kier alpha value is -1.26. The van der Waals surface area contributed by atoms with Gasteiger partial charge in [0.05, 0.1) is 6.54 Å². The minimum absolute atomic E-state index is 0.310. The Labute approximate surface area is 103 Å². The van der Waals surface area contributed by atoms with Gasteiger partial charge in [0.2, 0.25) is 0 Å². The molecule has 1 aromatic rings. The maximum atomic E-state index is 12.5. The second kappa shape index (κ2) is 5.59. The van der Waals surface area contributed by atoms with Crippen LogP contribution < -0.4 is 4.74 Å². The second-order valence-electron chi connectivity index (χ2n) is 3.04. The van der Waals surface area contributed by atoms with Gasteiger partial charge < -0.3 is 4.74 Å². The van der Waals surface area contributed by atoms with Crippen molar-refractivity contribution in [2.45, 2.75) is 0 Å². The first kappa shape index (κ1) is 14.8. The van der Waals surface area contributed by atoms with Gasteiger partial charge in [-0.25, -0.2) is 0 Å². The van der Waals surface area contributed by atoms with Crippen LogP contribution in [0.5, 0.6) is 5.75 Å². The van der Waals surface area contributed by atoms with Crippen molar-refractivity contribution in [3.63, 3.8) is 0 Å². The molecule has 0 heterocycles. The van der Waals surface area contributed by atoms with E-state index in [-0.39, 0.29) is 0 Å². The maximum absolute atomic E-state index is 12.5. The van der Waals surface area contributed by atoms with Crippen molar-refractivity contribution in [1.29, 1.82) is 0 Å². The molecule has 1 rings (SSSR count). The number of ether oxygens (including phenoxy) is 1. The summed E-state index contributed by atoms with van der Waals surface area (Å²) >= 11 is 0. The fourth-order valence-electron chi connectivity index (χ4n) is 1.08. The number of hydrogen-bond donors (Lipinski definition) is 0. The van der Waals surface area contributed by atoms with E-state index in [1.165, 1.54) is 12.1 Å². The summed E-state index contributed by atoms with van der Waals surface area (Å²) in [6, 6.07) is 7.95. The molecule has 0 atom stereocenters. The highest BCUT2D eigenvalue weighted by Gasteiger charge is 2.33. The van der Waals surface area contributed by atoms with Crippen LogP contribution in [0.4, 0.5) is 7.77 Å². The molecule has 0 bridgehead atoms. The zero-order valence-corrected chi connectivity index (χ0v) is 10.5. The van der Waals surface area contributed by atoms with Gasteiger partial charge in [0.25, 0.3) is 0 Å². The largest absolute Gasteiger partial charge is 0.492 e. The van der Waals surface area contributed by atoms with Crippen LogP contribution in [0.15, 0.2) is 30.3 Å². The molecule has 0 fully saturated rings. The Bertz CT molecular complexity index is 555. The molecule has 0 unspecified atom stereocenters. The molecule has 18 heavy (non-hydrogen) atoms. The molecule has 0 aromatic heterocycles. The Balaban J connectivity index is 2.66. The van der Waals surface area contributed by atoms with Gasteiger partial charge in [-0.15, -0.1) is 0 Å². The molecule has 0 radical (unpaired) electrons. The lowest BCUT2D eigenvalue weighted by Gasteiger charge is -2.12. The van der Waals surface area contributed by atoms with Gasteiger partial charge in [-0.3, -0.25) is 0 Å². The van der Waals surface area contributed by atoms with Gasteiger partial charge >= 0.3 is 20.8 Å². The second-order valence-corrected chi connectivity index (χ2v) is 5.80. The summed E-state index contributed by atoms with van der Waals surface area (Å²) < 4.78 is 70.6. The third-order valence-electron chi connectivity index (χ3n) is 1.77. The lowest BCUT2D eigenvalue weighted by atomic mass is 10.3. The summed E-state index contributed by atoms with van der Waals surface area (Å²) in [6.45, 7) is -1.51. The lowest BCUT2D eigenvalue weighted by molar-refractivity contribution is 0.296. The molecule has 0 spiro atoms. The molecule has 10 heteroatoms. The van der Waals surface area contributed by atoms with E-state index in [2.05, 4.69) is 0 Å². The molecule has 0 aliphatic carbocycles. The average molecular weight is 301 g/mol. The van der Waals surface area contributed by atoms with Gasteiger partial charge in [0.15, 0.2) is 0 Å². The lowest BCUT2D eigenvalue weighted by Crippen LogP contribution is -2.35. The zero-order chi connectivity index (χ0) is 13.8. The number of para-hydroxylation sites is 1. The standard InChI is InChI=1S/C8H9F2NO5S2/c9-17(12,13)11(18(10,14)15)6-7-16-8-4-2-1-3-5-8/h1-5H,6-7H2. The Morgan fingerprint density at radius 1 is 1.00 bits per heavy atom. The van der Waals surface area contributed by atoms with E-state index in [1.807, 2.05) is 0 Å². The van der Waals surface area contributed by atoms with Gasteiger partial charge in [-0.05, 0) is 15.8 Å². The van der Waals surface area contributed by atoms with Gasteiger partial charge in [0.1, 0.15) is 12.4 Å². The van der Waals surface area contributed by atoms with E-state index in [1.54, 1.807) is 18.2 Å². The van der Waals surface area contributed by atoms with Crippen LogP contribution in [0.3, 0.4) is 0 Å². The summed E-state index contributed by atoms with van der Waals surface area (Å²) in [5.74, 6) is 0.310. The molecule has 0 saturated carbocycles. The van der Waals surface area contributed by atoms with Gasteiger partial charge in [-0.1, -0.05) is 26.0 Å². The number of halogens is 2. The van der Waals surface area contributed by atoms with Crippen LogP contribution in [-0.2, 0) is 20.8 Å². The number of rotatable bonds is 6. The quantitative estimate of drug-likeness (QED) is 0.726. The SMILES string of the molecule is O=S(=O)(F)N(CCOc1ccccc1)S(=O)(=O)F. The highest BCUT2D eigenvalue weighted by Crippen LogP contribution is 2.13. The minimum atomic E-state index is -5.69. The molecule has 0 N–H and O–H groups in total. The molecule has 0 aliphatic rings. The molecular formula is C8H9F2NO5S2. The number of hydrogen-bond acceptors (Lipinski definition) is 5. The topological polar surface area (TPSA) is 80.8 Å². The molecule has 0 aliphatic heterocycles. The van der Waals surface area contributed by atoms with Gasteiger partial charge in [0, 0.05) is 0 Å². The average Bonchev–Trinajstić information content (AvgIpc) is 2.22. The third-order valence-corrected chi connectivity index (χ3v) is 4.18. The summed E-state index contributed by atoms with van der Waals surface area (Å²) in [7, 11) is -11.4. The monoisotopic (exact) mass is 301 g/mol. The summed E-state index contributed by atoms with van der Waals surface area (Å²) in [4.78, 5) is 0. The smallest absolute Gasteiger partial charge is 0.390 e. The number of benzene rings is 1. The van der Waals surface area contributed by atoms with Crippen molar-refractivity contribution < 1.29 is 29.3 Å². The van der Waals surface area contributed by atoms with E-state index in [0.717, 1.165) is 0 Å². The predicted molar refractivity (Wildman–Crippen MR) is 58.7 cm³/mol. The molecule has 1 aromatic carbocycles. The van der Waals surface area contributed by atoms with Crippen molar-refractivity contribution in [2.24, 2.45) is 0 Å². The summed E-state index contributed by atoms with van der Waals surface area (Å²) in [6.07, 6.45) is 0. The Kier molecular flexibility index (Phi) is 4.59. The van der Waals surface area contributed by atoms with Crippen molar-refractivity contribution >= 4 is 20.8 Å². The predicted octanol–water partition coefficient (Wildman–Crippen LogP) is 0.796. The molecule has 102 valence electrons. The number of nitrogens with zero attached hydrogens (tertiary/aromatic N) is 1. The summed E-state index contributed by atoms with van der Waals surface area (Å²) in [5, 5.41) is 0. The van der Waals surface area contributed by atoms with Crippen LogP contribution in [0.25, 0.3) is 0 Å². The zero-order valence-electron chi connectivity index (χ0n) is 8.86. The van der Waals surface area contributed by atoms with Crippen LogP contribution in [0, 0.1) is 0 Å². The first-order valence-electron chi connectivity index (χ1n) is 4.56. The van der Waals surface area contributed by atoms with Crippen molar-refractivity contribution in [1.82, 2.24) is 3.71 Å². The van der Waals surface area contributed by atoms with Crippen molar-refractivity contribution in [3.8, 4) is 5.75 Å². The molecule has 6 nitrogen and oxygen atoms in total.